The van der Waals surface area contributed by atoms with E-state index < -0.39 is 16.1 Å². The maximum atomic E-state index is 12.1. The van der Waals surface area contributed by atoms with Crippen LogP contribution in [0.2, 0.25) is 0 Å². The van der Waals surface area contributed by atoms with E-state index >= 15 is 0 Å². The molecule has 0 aliphatic rings. The van der Waals surface area contributed by atoms with Crippen LogP contribution in [0.15, 0.2) is 29.3 Å². The molecule has 0 atom stereocenters. The van der Waals surface area contributed by atoms with Gasteiger partial charge >= 0.3 is 5.97 Å². The van der Waals surface area contributed by atoms with Gasteiger partial charge in [0.05, 0.1) is 18.4 Å². The molecule has 0 radical (unpaired) electrons. The number of aromatic nitrogens is 1. The standard InChI is InChI=1S/C17H20N4O5S/c1-10(2)20-8-11-4-5-13(6-14(11)27(23,24)25)21-9-12(7-18)15(19)16(21)17(22)26-3/h4-6,9-10,20H,8,19H2,1-3H3,(H,23,24,25). The van der Waals surface area contributed by atoms with Crippen molar-refractivity contribution in [3.05, 3.63) is 41.2 Å². The summed E-state index contributed by atoms with van der Waals surface area (Å²) in [4.78, 5) is 11.8. The third-order valence-electron chi connectivity index (χ3n) is 3.85. The number of nitrogens with two attached hydrogens (primary N) is 1. The third kappa shape index (κ3) is 4.28. The van der Waals surface area contributed by atoms with Gasteiger partial charge in [-0.05, 0) is 17.7 Å². The van der Waals surface area contributed by atoms with Crippen LogP contribution in [0, 0.1) is 11.3 Å². The van der Waals surface area contributed by atoms with E-state index in [1.54, 1.807) is 6.07 Å². The van der Waals surface area contributed by atoms with Crippen molar-refractivity contribution in [3.63, 3.8) is 0 Å². The van der Waals surface area contributed by atoms with Gasteiger partial charge in [0.15, 0.2) is 5.69 Å². The Morgan fingerprint density at radius 3 is 2.63 bits per heavy atom. The number of anilines is 1. The zero-order valence-electron chi connectivity index (χ0n) is 15.1. The Morgan fingerprint density at radius 1 is 1.44 bits per heavy atom. The van der Waals surface area contributed by atoms with E-state index in [-0.39, 0.29) is 40.1 Å². The second-order valence-corrected chi connectivity index (χ2v) is 7.47. The van der Waals surface area contributed by atoms with Crippen molar-refractivity contribution in [2.24, 2.45) is 0 Å². The van der Waals surface area contributed by atoms with E-state index in [0.29, 0.717) is 5.56 Å². The summed E-state index contributed by atoms with van der Waals surface area (Å²) in [7, 11) is -3.36. The van der Waals surface area contributed by atoms with Crippen molar-refractivity contribution < 1.29 is 22.5 Å². The molecule has 0 fully saturated rings. The van der Waals surface area contributed by atoms with Crippen LogP contribution in [0.5, 0.6) is 0 Å². The number of benzene rings is 1. The number of nitrogens with one attached hydrogen (secondary N) is 1. The third-order valence-corrected chi connectivity index (χ3v) is 4.79. The molecule has 2 rings (SSSR count). The molecule has 9 nitrogen and oxygen atoms in total. The second-order valence-electron chi connectivity index (χ2n) is 6.08. The molecule has 1 heterocycles. The molecule has 27 heavy (non-hydrogen) atoms. The van der Waals surface area contributed by atoms with Crippen LogP contribution in [0.4, 0.5) is 5.69 Å². The molecule has 10 heteroatoms. The normalized spacial score (nSPS) is 11.4. The Labute approximate surface area is 157 Å². The molecule has 0 aliphatic carbocycles. The number of ether oxygens (including phenoxy) is 1. The van der Waals surface area contributed by atoms with Gasteiger partial charge < -0.3 is 20.4 Å². The van der Waals surface area contributed by atoms with Crippen molar-refractivity contribution in [2.45, 2.75) is 31.3 Å². The summed E-state index contributed by atoms with van der Waals surface area (Å²) in [6.45, 7) is 4.01. The van der Waals surface area contributed by atoms with Crippen LogP contribution >= 0.6 is 0 Å². The number of nitriles is 1. The van der Waals surface area contributed by atoms with Crippen LogP contribution in [-0.2, 0) is 21.4 Å². The van der Waals surface area contributed by atoms with Gasteiger partial charge in [-0.3, -0.25) is 4.55 Å². The highest BCUT2D eigenvalue weighted by molar-refractivity contribution is 7.85. The first-order valence-corrected chi connectivity index (χ1v) is 9.37. The molecule has 0 unspecified atom stereocenters. The molecule has 0 amide bonds. The topological polar surface area (TPSA) is 147 Å². The van der Waals surface area contributed by atoms with Crippen molar-refractivity contribution in [2.75, 3.05) is 12.8 Å². The molecule has 0 aliphatic heterocycles. The van der Waals surface area contributed by atoms with E-state index in [2.05, 4.69) is 5.32 Å². The number of rotatable bonds is 6. The highest BCUT2D eigenvalue weighted by atomic mass is 32.2. The number of methoxy groups -OCH3 is 1. The fraction of sp³-hybridized carbons (Fsp3) is 0.294. The maximum absolute atomic E-state index is 12.1. The van der Waals surface area contributed by atoms with Crippen molar-refractivity contribution in [1.82, 2.24) is 9.88 Å². The summed E-state index contributed by atoms with van der Waals surface area (Å²) < 4.78 is 39.2. The van der Waals surface area contributed by atoms with Crippen LogP contribution in [-0.4, -0.2) is 36.7 Å². The van der Waals surface area contributed by atoms with E-state index in [1.807, 2.05) is 19.9 Å². The lowest BCUT2D eigenvalue weighted by atomic mass is 10.2. The monoisotopic (exact) mass is 392 g/mol. The molecule has 144 valence electrons. The Kier molecular flexibility index (Phi) is 5.90. The highest BCUT2D eigenvalue weighted by Gasteiger charge is 2.23. The fourth-order valence-corrected chi connectivity index (χ4v) is 3.25. The Hall–Kier alpha value is -2.87. The smallest absolute Gasteiger partial charge is 0.357 e. The van der Waals surface area contributed by atoms with Gasteiger partial charge in [-0.15, -0.1) is 0 Å². The molecule has 0 saturated carbocycles. The van der Waals surface area contributed by atoms with Crippen LogP contribution in [0.25, 0.3) is 5.69 Å². The number of hydrogen-bond acceptors (Lipinski definition) is 7. The van der Waals surface area contributed by atoms with Crippen LogP contribution in [0.1, 0.15) is 35.5 Å². The Balaban J connectivity index is 2.67. The fourth-order valence-electron chi connectivity index (χ4n) is 2.51. The molecule has 1 aromatic heterocycles. The predicted octanol–water partition coefficient (Wildman–Crippen LogP) is 1.46. The van der Waals surface area contributed by atoms with Gasteiger partial charge in [-0.2, -0.15) is 13.7 Å². The summed E-state index contributed by atoms with van der Waals surface area (Å²) in [5, 5.41) is 12.2. The lowest BCUT2D eigenvalue weighted by molar-refractivity contribution is 0.0593. The van der Waals surface area contributed by atoms with E-state index in [1.165, 1.54) is 22.9 Å². The Bertz CT molecular complexity index is 1020. The lowest BCUT2D eigenvalue weighted by Crippen LogP contribution is -2.23. The summed E-state index contributed by atoms with van der Waals surface area (Å²) in [5.74, 6) is -0.784. The Morgan fingerprint density at radius 2 is 2.11 bits per heavy atom. The minimum atomic E-state index is -4.53. The summed E-state index contributed by atoms with van der Waals surface area (Å²) in [6, 6.07) is 6.24. The van der Waals surface area contributed by atoms with Crippen LogP contribution in [0.3, 0.4) is 0 Å². The van der Waals surface area contributed by atoms with Crippen molar-refractivity contribution >= 4 is 21.8 Å². The van der Waals surface area contributed by atoms with Gasteiger partial charge in [0.2, 0.25) is 0 Å². The molecular weight excluding hydrogens is 372 g/mol. The van der Waals surface area contributed by atoms with E-state index in [9.17, 15) is 17.8 Å². The largest absolute Gasteiger partial charge is 0.464 e. The quantitative estimate of drug-likeness (QED) is 0.494. The number of carbonyl (C=O) groups excluding carboxylic acids is 1. The molecule has 0 spiro atoms. The number of nitrogen functional groups attached to an aromatic ring is 1. The number of carbonyl (C=O) groups is 1. The minimum Gasteiger partial charge on any atom is -0.464 e. The molecule has 0 saturated heterocycles. The van der Waals surface area contributed by atoms with Gasteiger partial charge in [0.25, 0.3) is 10.1 Å². The SMILES string of the molecule is COC(=O)c1c(N)c(C#N)cn1-c1ccc(CNC(C)C)c(S(=O)(=O)O)c1. The summed E-state index contributed by atoms with van der Waals surface area (Å²) >= 11 is 0. The first-order chi connectivity index (χ1) is 12.6. The van der Waals surface area contributed by atoms with Gasteiger partial charge in [-0.1, -0.05) is 19.9 Å². The summed E-state index contributed by atoms with van der Waals surface area (Å²) in [6.07, 6.45) is 1.30. The number of nitrogens with zero attached hydrogens (tertiary/aromatic N) is 2. The number of hydrogen-bond donors (Lipinski definition) is 3. The molecule has 4 N–H and O–H groups in total. The molecule has 2 aromatic rings. The second kappa shape index (κ2) is 7.79. The predicted molar refractivity (Wildman–Crippen MR) is 98.0 cm³/mol. The first-order valence-electron chi connectivity index (χ1n) is 7.93. The van der Waals surface area contributed by atoms with Crippen LogP contribution < -0.4 is 11.1 Å². The summed E-state index contributed by atoms with van der Waals surface area (Å²) in [5.41, 5.74) is 6.27. The number of esters is 1. The van der Waals surface area contributed by atoms with E-state index in [4.69, 9.17) is 15.7 Å². The molecule has 1 aromatic carbocycles. The molecular formula is C17H20N4O5S. The zero-order chi connectivity index (χ0) is 20.4. The first kappa shape index (κ1) is 20.4. The minimum absolute atomic E-state index is 0.0364. The van der Waals surface area contributed by atoms with Crippen molar-refractivity contribution in [1.29, 1.82) is 5.26 Å². The average Bonchev–Trinajstić information content (AvgIpc) is 2.94. The lowest BCUT2D eigenvalue weighted by Gasteiger charge is -2.14. The average molecular weight is 392 g/mol. The zero-order valence-corrected chi connectivity index (χ0v) is 15.9. The van der Waals surface area contributed by atoms with Gasteiger partial charge in [0.1, 0.15) is 11.0 Å². The van der Waals surface area contributed by atoms with Crippen molar-refractivity contribution in [3.8, 4) is 11.8 Å². The molecule has 0 bridgehead atoms. The van der Waals surface area contributed by atoms with Gasteiger partial charge in [0, 0.05) is 24.5 Å². The maximum Gasteiger partial charge on any atom is 0.357 e. The van der Waals surface area contributed by atoms with Gasteiger partial charge in [-0.25, -0.2) is 4.79 Å². The van der Waals surface area contributed by atoms with E-state index in [0.717, 1.165) is 7.11 Å². The highest BCUT2D eigenvalue weighted by Crippen LogP contribution is 2.27.